The lowest BCUT2D eigenvalue weighted by Crippen LogP contribution is -2.49. The Hall–Kier alpha value is -2.27. The van der Waals surface area contributed by atoms with Gasteiger partial charge in [0.2, 0.25) is 10.0 Å². The molecule has 0 saturated carbocycles. The standard InChI is InChI=1S/C18H20N4O2S/c1-25(23,24)22-11-9-21(10-12-22)18(17-3-2-8-20-14-17)16-6-4-15(13-19)5-7-16/h2-8,14,18H,9-12H2,1H3. The van der Waals surface area contributed by atoms with Crippen molar-refractivity contribution in [1.82, 2.24) is 14.2 Å². The van der Waals surface area contributed by atoms with Crippen LogP contribution in [0.1, 0.15) is 22.7 Å². The van der Waals surface area contributed by atoms with Gasteiger partial charge in [-0.2, -0.15) is 9.57 Å². The molecule has 25 heavy (non-hydrogen) atoms. The molecular weight excluding hydrogens is 336 g/mol. The molecule has 2 heterocycles. The maximum Gasteiger partial charge on any atom is 0.211 e. The van der Waals surface area contributed by atoms with Crippen LogP contribution < -0.4 is 0 Å². The fourth-order valence-electron chi connectivity index (χ4n) is 3.19. The van der Waals surface area contributed by atoms with E-state index in [-0.39, 0.29) is 6.04 Å². The lowest BCUT2D eigenvalue weighted by Gasteiger charge is -2.38. The normalized spacial score (nSPS) is 17.8. The summed E-state index contributed by atoms with van der Waals surface area (Å²) in [4.78, 5) is 6.49. The molecule has 0 aliphatic carbocycles. The van der Waals surface area contributed by atoms with Gasteiger partial charge in [0.25, 0.3) is 0 Å². The summed E-state index contributed by atoms with van der Waals surface area (Å²) in [6, 6.07) is 13.6. The summed E-state index contributed by atoms with van der Waals surface area (Å²) in [5.41, 5.74) is 2.75. The third-order valence-electron chi connectivity index (χ3n) is 4.46. The molecule has 130 valence electrons. The summed E-state index contributed by atoms with van der Waals surface area (Å²) in [5, 5.41) is 9.01. The van der Waals surface area contributed by atoms with E-state index in [4.69, 9.17) is 5.26 Å². The predicted molar refractivity (Wildman–Crippen MR) is 95.2 cm³/mol. The second-order valence-electron chi connectivity index (χ2n) is 6.12. The molecular formula is C18H20N4O2S. The highest BCUT2D eigenvalue weighted by Crippen LogP contribution is 2.29. The summed E-state index contributed by atoms with van der Waals surface area (Å²) >= 11 is 0. The van der Waals surface area contributed by atoms with Crippen LogP contribution in [0.15, 0.2) is 48.8 Å². The largest absolute Gasteiger partial charge is 0.290 e. The average Bonchev–Trinajstić information content (AvgIpc) is 2.63. The number of sulfonamides is 1. The molecule has 2 aromatic rings. The zero-order valence-corrected chi connectivity index (χ0v) is 14.9. The van der Waals surface area contributed by atoms with E-state index in [2.05, 4.69) is 16.0 Å². The number of piperazine rings is 1. The first-order valence-corrected chi connectivity index (χ1v) is 9.93. The highest BCUT2D eigenvalue weighted by atomic mass is 32.2. The molecule has 6 nitrogen and oxygen atoms in total. The van der Waals surface area contributed by atoms with E-state index in [9.17, 15) is 8.42 Å². The highest BCUT2D eigenvalue weighted by molar-refractivity contribution is 7.88. The van der Waals surface area contributed by atoms with Crippen LogP contribution in [-0.4, -0.2) is 55.0 Å². The summed E-state index contributed by atoms with van der Waals surface area (Å²) < 4.78 is 25.0. The number of nitriles is 1. The van der Waals surface area contributed by atoms with Gasteiger partial charge in [0.05, 0.1) is 23.9 Å². The van der Waals surface area contributed by atoms with Crippen molar-refractivity contribution in [1.29, 1.82) is 5.26 Å². The van der Waals surface area contributed by atoms with Crippen LogP contribution in [0.2, 0.25) is 0 Å². The summed E-state index contributed by atoms with van der Waals surface area (Å²) in [5.74, 6) is 0. The second kappa shape index (κ2) is 7.31. The molecule has 1 aliphatic heterocycles. The van der Waals surface area contributed by atoms with Gasteiger partial charge in [-0.05, 0) is 29.3 Å². The van der Waals surface area contributed by atoms with E-state index in [0.717, 1.165) is 11.1 Å². The molecule has 0 amide bonds. The second-order valence-corrected chi connectivity index (χ2v) is 8.10. The minimum absolute atomic E-state index is 0.0110. The average molecular weight is 356 g/mol. The Morgan fingerprint density at radius 1 is 1.08 bits per heavy atom. The lowest BCUT2D eigenvalue weighted by molar-refractivity contribution is 0.156. The van der Waals surface area contributed by atoms with Crippen molar-refractivity contribution in [2.75, 3.05) is 32.4 Å². The van der Waals surface area contributed by atoms with E-state index in [0.29, 0.717) is 31.7 Å². The van der Waals surface area contributed by atoms with E-state index in [1.54, 1.807) is 6.20 Å². The molecule has 3 rings (SSSR count). The van der Waals surface area contributed by atoms with Crippen LogP contribution in [0.3, 0.4) is 0 Å². The van der Waals surface area contributed by atoms with Gasteiger partial charge >= 0.3 is 0 Å². The molecule has 1 fully saturated rings. The first kappa shape index (κ1) is 17.5. The minimum atomic E-state index is -3.16. The third-order valence-corrected chi connectivity index (χ3v) is 5.77. The zero-order chi connectivity index (χ0) is 17.9. The molecule has 1 aliphatic rings. The van der Waals surface area contributed by atoms with E-state index < -0.39 is 10.0 Å². The minimum Gasteiger partial charge on any atom is -0.290 e. The van der Waals surface area contributed by atoms with Crippen LogP contribution in [0, 0.1) is 11.3 Å². The maximum absolute atomic E-state index is 11.7. The SMILES string of the molecule is CS(=O)(=O)N1CCN(C(c2ccc(C#N)cc2)c2cccnc2)CC1. The smallest absolute Gasteiger partial charge is 0.211 e. The van der Waals surface area contributed by atoms with Gasteiger partial charge < -0.3 is 0 Å². The molecule has 1 aromatic carbocycles. The van der Waals surface area contributed by atoms with Gasteiger partial charge in [-0.1, -0.05) is 18.2 Å². The van der Waals surface area contributed by atoms with E-state index in [1.807, 2.05) is 42.6 Å². The van der Waals surface area contributed by atoms with Gasteiger partial charge in [0.1, 0.15) is 0 Å². The fraction of sp³-hybridized carbons (Fsp3) is 0.333. The summed E-state index contributed by atoms with van der Waals surface area (Å²) in [7, 11) is -3.16. The molecule has 1 aromatic heterocycles. The molecule has 0 N–H and O–H groups in total. The predicted octanol–water partition coefficient (Wildman–Crippen LogP) is 1.62. The quantitative estimate of drug-likeness (QED) is 0.832. The molecule has 0 radical (unpaired) electrons. The van der Waals surface area contributed by atoms with Gasteiger partial charge in [0, 0.05) is 38.6 Å². The van der Waals surface area contributed by atoms with Crippen molar-refractivity contribution >= 4 is 10.0 Å². The molecule has 1 atom stereocenters. The molecule has 1 unspecified atom stereocenters. The highest BCUT2D eigenvalue weighted by Gasteiger charge is 2.29. The Morgan fingerprint density at radius 3 is 2.28 bits per heavy atom. The van der Waals surface area contributed by atoms with Gasteiger partial charge in [-0.3, -0.25) is 9.88 Å². The number of hydrogen-bond donors (Lipinski definition) is 0. The van der Waals surface area contributed by atoms with Crippen LogP contribution in [0.4, 0.5) is 0 Å². The van der Waals surface area contributed by atoms with Crippen molar-refractivity contribution in [3.05, 3.63) is 65.5 Å². The first-order valence-electron chi connectivity index (χ1n) is 8.08. The van der Waals surface area contributed by atoms with Crippen molar-refractivity contribution < 1.29 is 8.42 Å². The number of hydrogen-bond acceptors (Lipinski definition) is 5. The number of rotatable bonds is 4. The van der Waals surface area contributed by atoms with Crippen LogP contribution >= 0.6 is 0 Å². The van der Waals surface area contributed by atoms with Crippen molar-refractivity contribution in [3.63, 3.8) is 0 Å². The topological polar surface area (TPSA) is 77.3 Å². The molecule has 0 spiro atoms. The molecule has 7 heteroatoms. The van der Waals surface area contributed by atoms with Gasteiger partial charge in [-0.25, -0.2) is 8.42 Å². The number of pyridine rings is 1. The van der Waals surface area contributed by atoms with Crippen LogP contribution in [0.25, 0.3) is 0 Å². The Balaban J connectivity index is 1.89. The Morgan fingerprint density at radius 2 is 1.76 bits per heavy atom. The van der Waals surface area contributed by atoms with Gasteiger partial charge in [-0.15, -0.1) is 0 Å². The molecule has 0 bridgehead atoms. The lowest BCUT2D eigenvalue weighted by atomic mass is 9.97. The number of aromatic nitrogens is 1. The monoisotopic (exact) mass is 356 g/mol. The van der Waals surface area contributed by atoms with Gasteiger partial charge in [0.15, 0.2) is 0 Å². The Bertz CT molecular complexity index is 852. The van der Waals surface area contributed by atoms with E-state index in [1.165, 1.54) is 10.6 Å². The van der Waals surface area contributed by atoms with Crippen molar-refractivity contribution in [2.24, 2.45) is 0 Å². The number of nitrogens with zero attached hydrogens (tertiary/aromatic N) is 4. The fourth-order valence-corrected chi connectivity index (χ4v) is 4.01. The first-order chi connectivity index (χ1) is 12.0. The van der Waals surface area contributed by atoms with E-state index >= 15 is 0 Å². The Labute approximate surface area is 148 Å². The Kier molecular flexibility index (Phi) is 5.13. The van der Waals surface area contributed by atoms with Crippen LogP contribution in [0.5, 0.6) is 0 Å². The summed E-state index contributed by atoms with van der Waals surface area (Å²) in [6.45, 7) is 2.25. The van der Waals surface area contributed by atoms with Crippen molar-refractivity contribution in [3.8, 4) is 6.07 Å². The summed E-state index contributed by atoms with van der Waals surface area (Å²) in [6.07, 6.45) is 4.83. The third kappa shape index (κ3) is 4.04. The van der Waals surface area contributed by atoms with Crippen LogP contribution in [-0.2, 0) is 10.0 Å². The maximum atomic E-state index is 11.7. The van der Waals surface area contributed by atoms with Crippen molar-refractivity contribution in [2.45, 2.75) is 6.04 Å². The molecule has 1 saturated heterocycles. The number of benzene rings is 1. The zero-order valence-electron chi connectivity index (χ0n) is 14.0.